The van der Waals surface area contributed by atoms with E-state index in [9.17, 15) is 0 Å². The van der Waals surface area contributed by atoms with Gasteiger partial charge in [0.15, 0.2) is 0 Å². The number of benzene rings is 2. The minimum atomic E-state index is 0.0570. The fourth-order valence-electron chi connectivity index (χ4n) is 4.07. The fourth-order valence-corrected chi connectivity index (χ4v) is 4.07. The van der Waals surface area contributed by atoms with E-state index in [2.05, 4.69) is 72.8 Å². The standard InChI is InChI=1S/C27H23N3/c1-18(28-26-16-14-20-8-3-5-10-22(20)26)24-12-7-13-25(30-24)19(2)29-27-17-15-21-9-4-6-11-23(21)27/h3-17,26-27H,1-2H3. The molecule has 146 valence electrons. The molecular weight excluding hydrogens is 366 g/mol. The van der Waals surface area contributed by atoms with E-state index in [1.54, 1.807) is 0 Å². The van der Waals surface area contributed by atoms with Gasteiger partial charge in [-0.15, -0.1) is 0 Å². The Balaban J connectivity index is 1.41. The normalized spacial score (nSPS) is 19.8. The molecule has 0 saturated heterocycles. The third kappa shape index (κ3) is 3.43. The maximum absolute atomic E-state index is 4.94. The number of aliphatic imine (C=N–C) groups is 2. The average Bonchev–Trinajstić information content (AvgIpc) is 3.38. The monoisotopic (exact) mass is 389 g/mol. The van der Waals surface area contributed by atoms with Gasteiger partial charge in [-0.05, 0) is 48.2 Å². The highest BCUT2D eigenvalue weighted by atomic mass is 14.9. The topological polar surface area (TPSA) is 37.6 Å². The molecule has 0 amide bonds. The van der Waals surface area contributed by atoms with Crippen LogP contribution in [0.1, 0.15) is 59.6 Å². The van der Waals surface area contributed by atoms with Crippen LogP contribution in [0, 0.1) is 0 Å². The number of aromatic nitrogens is 1. The van der Waals surface area contributed by atoms with Crippen LogP contribution in [0.3, 0.4) is 0 Å². The minimum absolute atomic E-state index is 0.0570. The fraction of sp³-hybridized carbons (Fsp3) is 0.148. The second-order valence-electron chi connectivity index (χ2n) is 7.70. The van der Waals surface area contributed by atoms with Gasteiger partial charge in [0.1, 0.15) is 0 Å². The van der Waals surface area contributed by atoms with Crippen molar-refractivity contribution < 1.29 is 0 Å². The van der Waals surface area contributed by atoms with Crippen molar-refractivity contribution in [3.8, 4) is 0 Å². The van der Waals surface area contributed by atoms with E-state index in [1.807, 2.05) is 32.0 Å². The number of nitrogens with zero attached hydrogens (tertiary/aromatic N) is 3. The van der Waals surface area contributed by atoms with E-state index in [0.29, 0.717) is 0 Å². The molecule has 0 spiro atoms. The van der Waals surface area contributed by atoms with Gasteiger partial charge in [0.2, 0.25) is 0 Å². The lowest BCUT2D eigenvalue weighted by Crippen LogP contribution is -2.07. The molecule has 2 aliphatic carbocycles. The lowest BCUT2D eigenvalue weighted by Gasteiger charge is -2.10. The third-order valence-electron chi connectivity index (χ3n) is 5.70. The summed E-state index contributed by atoms with van der Waals surface area (Å²) >= 11 is 0. The molecule has 3 aromatic rings. The maximum Gasteiger partial charge on any atom is 0.0943 e. The molecular formula is C27H23N3. The highest BCUT2D eigenvalue weighted by Gasteiger charge is 2.18. The smallest absolute Gasteiger partial charge is 0.0943 e. The van der Waals surface area contributed by atoms with E-state index in [4.69, 9.17) is 15.0 Å². The molecule has 0 aliphatic heterocycles. The van der Waals surface area contributed by atoms with Crippen LogP contribution in [0.5, 0.6) is 0 Å². The quantitative estimate of drug-likeness (QED) is 0.487. The molecule has 0 N–H and O–H groups in total. The molecule has 3 nitrogen and oxygen atoms in total. The first-order valence-corrected chi connectivity index (χ1v) is 10.3. The number of fused-ring (bicyclic) bond motifs is 2. The summed E-state index contributed by atoms with van der Waals surface area (Å²) in [4.78, 5) is 14.7. The highest BCUT2D eigenvalue weighted by Crippen LogP contribution is 2.32. The molecule has 30 heavy (non-hydrogen) atoms. The predicted molar refractivity (Wildman–Crippen MR) is 125 cm³/mol. The summed E-state index contributed by atoms with van der Waals surface area (Å²) in [5.74, 6) is 0. The van der Waals surface area contributed by atoms with Crippen LogP contribution in [-0.2, 0) is 0 Å². The van der Waals surface area contributed by atoms with Gasteiger partial charge in [-0.3, -0.25) is 9.98 Å². The van der Waals surface area contributed by atoms with E-state index in [0.717, 1.165) is 22.8 Å². The van der Waals surface area contributed by atoms with E-state index in [1.165, 1.54) is 22.3 Å². The van der Waals surface area contributed by atoms with E-state index < -0.39 is 0 Å². The van der Waals surface area contributed by atoms with Gasteiger partial charge in [0.25, 0.3) is 0 Å². The lowest BCUT2D eigenvalue weighted by molar-refractivity contribution is 0.924. The van der Waals surface area contributed by atoms with Crippen molar-refractivity contribution in [2.24, 2.45) is 9.98 Å². The van der Waals surface area contributed by atoms with Gasteiger partial charge in [0, 0.05) is 0 Å². The molecule has 3 heteroatoms. The Labute approximate surface area is 177 Å². The van der Waals surface area contributed by atoms with Crippen molar-refractivity contribution in [3.05, 3.63) is 113 Å². The van der Waals surface area contributed by atoms with Crippen LogP contribution in [0.4, 0.5) is 0 Å². The molecule has 1 aromatic heterocycles. The Bertz CT molecular complexity index is 1140. The van der Waals surface area contributed by atoms with Gasteiger partial charge in [0.05, 0.1) is 34.9 Å². The van der Waals surface area contributed by atoms with Gasteiger partial charge >= 0.3 is 0 Å². The second kappa shape index (κ2) is 7.68. The van der Waals surface area contributed by atoms with Crippen molar-refractivity contribution in [1.82, 2.24) is 4.98 Å². The number of rotatable bonds is 4. The molecule has 0 radical (unpaired) electrons. The largest absolute Gasteiger partial charge is 0.276 e. The molecule has 5 rings (SSSR count). The summed E-state index contributed by atoms with van der Waals surface area (Å²) in [7, 11) is 0. The average molecular weight is 390 g/mol. The third-order valence-corrected chi connectivity index (χ3v) is 5.70. The van der Waals surface area contributed by atoms with Crippen LogP contribution in [0.2, 0.25) is 0 Å². The number of hydrogen-bond donors (Lipinski definition) is 0. The van der Waals surface area contributed by atoms with Gasteiger partial charge in [-0.2, -0.15) is 0 Å². The molecule has 2 aromatic carbocycles. The Morgan fingerprint density at radius 1 is 0.633 bits per heavy atom. The summed E-state index contributed by atoms with van der Waals surface area (Å²) < 4.78 is 0. The Morgan fingerprint density at radius 3 is 1.60 bits per heavy atom. The minimum Gasteiger partial charge on any atom is -0.276 e. The first kappa shape index (κ1) is 18.4. The van der Waals surface area contributed by atoms with Crippen molar-refractivity contribution in [3.63, 3.8) is 0 Å². The first-order valence-electron chi connectivity index (χ1n) is 10.3. The number of hydrogen-bond acceptors (Lipinski definition) is 3. The highest BCUT2D eigenvalue weighted by molar-refractivity contribution is 6.01. The van der Waals surface area contributed by atoms with Gasteiger partial charge in [-0.25, -0.2) is 4.98 Å². The number of pyridine rings is 1. The van der Waals surface area contributed by atoms with E-state index >= 15 is 0 Å². The first-order chi connectivity index (χ1) is 14.7. The van der Waals surface area contributed by atoms with Crippen molar-refractivity contribution in [2.75, 3.05) is 0 Å². The van der Waals surface area contributed by atoms with Crippen molar-refractivity contribution in [1.29, 1.82) is 0 Å². The van der Waals surface area contributed by atoms with Crippen molar-refractivity contribution >= 4 is 23.6 Å². The molecule has 2 unspecified atom stereocenters. The summed E-state index contributed by atoms with van der Waals surface area (Å²) in [6.07, 6.45) is 8.58. The van der Waals surface area contributed by atoms with Crippen molar-refractivity contribution in [2.45, 2.75) is 25.9 Å². The van der Waals surface area contributed by atoms with Crippen LogP contribution in [0.25, 0.3) is 12.2 Å². The maximum atomic E-state index is 4.94. The van der Waals surface area contributed by atoms with Gasteiger partial charge < -0.3 is 0 Å². The zero-order valence-corrected chi connectivity index (χ0v) is 17.2. The Kier molecular flexibility index (Phi) is 4.72. The second-order valence-corrected chi connectivity index (χ2v) is 7.70. The van der Waals surface area contributed by atoms with Crippen LogP contribution in [-0.4, -0.2) is 16.4 Å². The lowest BCUT2D eigenvalue weighted by atomic mass is 10.1. The summed E-state index contributed by atoms with van der Waals surface area (Å²) in [6.45, 7) is 4.06. The Hall–Kier alpha value is -3.59. The SMILES string of the molecule is CC(=NC1C=Cc2ccccc21)c1cccc(C(C)=NC2C=Cc3ccccc32)n1. The van der Waals surface area contributed by atoms with Gasteiger partial charge in [-0.1, -0.05) is 78.9 Å². The Morgan fingerprint density at radius 2 is 1.10 bits per heavy atom. The summed E-state index contributed by atoms with van der Waals surface area (Å²) in [6, 6.07) is 23.0. The molecule has 2 atom stereocenters. The summed E-state index contributed by atoms with van der Waals surface area (Å²) in [5.41, 5.74) is 8.63. The van der Waals surface area contributed by atoms with Crippen LogP contribution >= 0.6 is 0 Å². The zero-order valence-electron chi connectivity index (χ0n) is 17.2. The van der Waals surface area contributed by atoms with E-state index in [-0.39, 0.29) is 12.1 Å². The zero-order chi connectivity index (χ0) is 20.5. The molecule has 0 fully saturated rings. The molecule has 0 saturated carbocycles. The van der Waals surface area contributed by atoms with Crippen LogP contribution in [0.15, 0.2) is 88.9 Å². The summed E-state index contributed by atoms with van der Waals surface area (Å²) in [5, 5.41) is 0. The molecule has 0 bridgehead atoms. The van der Waals surface area contributed by atoms with Crippen LogP contribution < -0.4 is 0 Å². The molecule has 2 aliphatic rings. The molecule has 1 heterocycles. The predicted octanol–water partition coefficient (Wildman–Crippen LogP) is 6.24.